The molecule has 6 N–H and O–H groups in total. The first-order chi connectivity index (χ1) is 30.0. The summed E-state index contributed by atoms with van der Waals surface area (Å²) in [5.74, 6) is -0.238. The van der Waals surface area contributed by atoms with Crippen LogP contribution >= 0.6 is 0 Å². The van der Waals surface area contributed by atoms with Crippen molar-refractivity contribution in [3.8, 4) is 0 Å². The van der Waals surface area contributed by atoms with Crippen LogP contribution in [0.15, 0.2) is 12.2 Å². The van der Waals surface area contributed by atoms with Gasteiger partial charge in [0.05, 0.1) is 25.4 Å². The molecule has 0 aliphatic carbocycles. The summed E-state index contributed by atoms with van der Waals surface area (Å²) in [4.78, 5) is 13.0. The number of hydrogen-bond donors (Lipinski definition) is 6. The smallest absolute Gasteiger partial charge is 0.394 e. The van der Waals surface area contributed by atoms with E-state index in [2.05, 4.69) is 35.5 Å². The number of aliphatic hydroxyl groups excluding tert-OH is 4. The summed E-state index contributed by atoms with van der Waals surface area (Å²) in [7, 11) is -5.08. The van der Waals surface area contributed by atoms with E-state index in [0.29, 0.717) is 12.8 Å². The van der Waals surface area contributed by atoms with Crippen molar-refractivity contribution < 1.29 is 51.8 Å². The van der Waals surface area contributed by atoms with Gasteiger partial charge in [-0.15, -0.1) is 0 Å². The molecule has 0 saturated carbocycles. The van der Waals surface area contributed by atoms with Crippen LogP contribution in [0.2, 0.25) is 0 Å². The Morgan fingerprint density at radius 2 is 1.03 bits per heavy atom. The third kappa shape index (κ3) is 32.5. The van der Waals surface area contributed by atoms with Gasteiger partial charge < -0.3 is 35.2 Å². The third-order valence-electron chi connectivity index (χ3n) is 12.3. The molecule has 0 bridgehead atoms. The van der Waals surface area contributed by atoms with E-state index < -0.39 is 59.9 Å². The molecule has 1 aliphatic rings. The van der Waals surface area contributed by atoms with E-state index >= 15 is 0 Å². The molecule has 62 heavy (non-hydrogen) atoms. The van der Waals surface area contributed by atoms with Crippen molar-refractivity contribution in [1.29, 1.82) is 0 Å². The van der Waals surface area contributed by atoms with Crippen LogP contribution in [-0.4, -0.2) is 95.4 Å². The Balaban J connectivity index is 2.38. The average Bonchev–Trinajstić information content (AvgIpc) is 3.24. The van der Waals surface area contributed by atoms with Gasteiger partial charge in [-0.3, -0.25) is 9.35 Å². The molecule has 1 aliphatic heterocycles. The number of aliphatic hydroxyl groups is 4. The molecule has 13 heteroatoms. The first-order valence-electron chi connectivity index (χ1n) is 25.6. The second-order valence-corrected chi connectivity index (χ2v) is 19.2. The molecule has 1 fully saturated rings. The predicted octanol–water partition coefficient (Wildman–Crippen LogP) is 10.7. The second kappa shape index (κ2) is 40.1. The molecule has 0 aromatic carbocycles. The van der Waals surface area contributed by atoms with Crippen LogP contribution in [0.5, 0.6) is 0 Å². The summed E-state index contributed by atoms with van der Waals surface area (Å²) in [5, 5.41) is 44.9. The Morgan fingerprint density at radius 3 is 1.48 bits per heavy atom. The van der Waals surface area contributed by atoms with E-state index in [1.54, 1.807) is 0 Å². The summed E-state index contributed by atoms with van der Waals surface area (Å²) >= 11 is 0. The van der Waals surface area contributed by atoms with Crippen molar-refractivity contribution in [1.82, 2.24) is 5.32 Å². The van der Waals surface area contributed by atoms with E-state index in [4.69, 9.17) is 9.47 Å². The van der Waals surface area contributed by atoms with E-state index in [1.807, 2.05) is 0 Å². The average molecular weight is 906 g/mol. The number of hydrogen-bond acceptors (Lipinski definition) is 10. The molecular formula is C49H95NO11S. The lowest BCUT2D eigenvalue weighted by atomic mass is 9.99. The zero-order valence-corrected chi connectivity index (χ0v) is 40.3. The zero-order valence-electron chi connectivity index (χ0n) is 39.5. The number of allylic oxidation sites excluding steroid dienone is 2. The van der Waals surface area contributed by atoms with Gasteiger partial charge >= 0.3 is 10.4 Å². The van der Waals surface area contributed by atoms with Crippen LogP contribution in [0.1, 0.15) is 239 Å². The quantitative estimate of drug-likeness (QED) is 0.0194. The molecule has 0 aromatic heterocycles. The minimum absolute atomic E-state index is 0.238. The maximum atomic E-state index is 13.0. The molecule has 1 rings (SSSR count). The highest BCUT2D eigenvalue weighted by molar-refractivity contribution is 7.80. The lowest BCUT2D eigenvalue weighted by Gasteiger charge is -2.41. The highest BCUT2D eigenvalue weighted by Crippen LogP contribution is 2.26. The van der Waals surface area contributed by atoms with Gasteiger partial charge in [-0.1, -0.05) is 206 Å². The second-order valence-electron chi connectivity index (χ2n) is 18.1. The third-order valence-corrected chi connectivity index (χ3v) is 12.8. The highest BCUT2D eigenvalue weighted by Gasteiger charge is 2.48. The molecule has 0 spiro atoms. The normalized spacial score (nSPS) is 20.5. The molecule has 0 aromatic rings. The fourth-order valence-electron chi connectivity index (χ4n) is 8.34. The molecule has 0 radical (unpaired) electrons. The Kier molecular flexibility index (Phi) is 38.1. The number of nitrogens with one attached hydrogen (secondary N) is 1. The van der Waals surface area contributed by atoms with Crippen molar-refractivity contribution in [3.05, 3.63) is 12.2 Å². The van der Waals surface area contributed by atoms with Crippen LogP contribution < -0.4 is 5.32 Å². The number of ether oxygens (including phenoxy) is 2. The number of carbonyl (C=O) groups excluding carboxylic acids is 1. The first-order valence-corrected chi connectivity index (χ1v) is 26.9. The van der Waals surface area contributed by atoms with Crippen LogP contribution in [-0.2, 0) is 28.9 Å². The van der Waals surface area contributed by atoms with Gasteiger partial charge in [0.15, 0.2) is 6.29 Å². The summed E-state index contributed by atoms with van der Waals surface area (Å²) in [6, 6.07) is -0.859. The van der Waals surface area contributed by atoms with Crippen molar-refractivity contribution >= 4 is 16.3 Å². The summed E-state index contributed by atoms with van der Waals surface area (Å²) in [5.41, 5.74) is 0. The van der Waals surface area contributed by atoms with Crippen LogP contribution in [0.4, 0.5) is 0 Å². The Bertz CT molecular complexity index is 1160. The molecule has 1 heterocycles. The molecule has 7 unspecified atom stereocenters. The monoisotopic (exact) mass is 906 g/mol. The van der Waals surface area contributed by atoms with Crippen molar-refractivity contribution in [2.75, 3.05) is 13.2 Å². The largest absolute Gasteiger partial charge is 0.397 e. The van der Waals surface area contributed by atoms with Crippen LogP contribution in [0.3, 0.4) is 0 Å². The number of unbranched alkanes of at least 4 members (excludes halogenated alkanes) is 30. The number of carbonyl (C=O) groups is 1. The van der Waals surface area contributed by atoms with Crippen molar-refractivity contribution in [2.24, 2.45) is 0 Å². The van der Waals surface area contributed by atoms with Gasteiger partial charge in [0, 0.05) is 6.42 Å². The minimum Gasteiger partial charge on any atom is -0.394 e. The molecule has 1 saturated heterocycles. The topological polar surface area (TPSA) is 192 Å². The van der Waals surface area contributed by atoms with Gasteiger partial charge in [0.2, 0.25) is 5.91 Å². The fourth-order valence-corrected chi connectivity index (χ4v) is 8.85. The number of amides is 1. The van der Waals surface area contributed by atoms with Crippen LogP contribution in [0.25, 0.3) is 0 Å². The predicted molar refractivity (Wildman–Crippen MR) is 250 cm³/mol. The van der Waals surface area contributed by atoms with E-state index in [-0.39, 0.29) is 18.9 Å². The summed E-state index contributed by atoms with van der Waals surface area (Å²) in [6.45, 7) is 3.43. The maximum Gasteiger partial charge on any atom is 0.397 e. The van der Waals surface area contributed by atoms with E-state index in [9.17, 15) is 38.2 Å². The van der Waals surface area contributed by atoms with Crippen molar-refractivity contribution in [3.63, 3.8) is 0 Å². The molecular weight excluding hydrogens is 811 g/mol. The Morgan fingerprint density at radius 1 is 0.629 bits per heavy atom. The van der Waals surface area contributed by atoms with Gasteiger partial charge in [-0.25, -0.2) is 4.18 Å². The Hall–Kier alpha value is -1.16. The first kappa shape index (κ1) is 58.9. The molecule has 7 atom stereocenters. The lowest BCUT2D eigenvalue weighted by Crippen LogP contribution is -2.61. The zero-order chi connectivity index (χ0) is 45.5. The van der Waals surface area contributed by atoms with Gasteiger partial charge in [0.25, 0.3) is 0 Å². The SMILES string of the molecule is CCCCC/C=C\CCCCCCCC(=O)NC(COC1OC(CO)C(O)C(OS(=O)(=O)O)C1O)C(O)CCCCCCCCCCCCCCCCCCCCCCCCC. The molecule has 12 nitrogen and oxygen atoms in total. The summed E-state index contributed by atoms with van der Waals surface area (Å²) in [6.07, 6.45) is 36.5. The highest BCUT2D eigenvalue weighted by atomic mass is 32.3. The summed E-state index contributed by atoms with van der Waals surface area (Å²) < 4.78 is 47.7. The maximum absolute atomic E-state index is 13.0. The standard InChI is InChI=1S/C49H95NO11S/c1-3-5-7-9-11-13-15-17-18-19-20-21-22-23-24-25-26-27-28-30-32-34-36-38-43(52)42(50-45(53)39-37-35-33-31-29-16-14-12-10-8-6-4-2)41-59-49-47(55)48(61-62(56,57)58)46(54)44(40-51)60-49/h12,14,42-44,46-49,51-52,54-55H,3-11,13,15-41H2,1-2H3,(H,50,53)(H,56,57,58)/b14-12-. The van der Waals surface area contributed by atoms with Gasteiger partial charge in [-0.05, 0) is 38.5 Å². The lowest BCUT2D eigenvalue weighted by molar-refractivity contribution is -0.298. The van der Waals surface area contributed by atoms with E-state index in [1.165, 1.54) is 141 Å². The van der Waals surface area contributed by atoms with Crippen LogP contribution in [0, 0.1) is 0 Å². The van der Waals surface area contributed by atoms with Crippen molar-refractivity contribution in [2.45, 2.75) is 281 Å². The van der Waals surface area contributed by atoms with E-state index in [0.717, 1.165) is 64.2 Å². The van der Waals surface area contributed by atoms with Gasteiger partial charge in [0.1, 0.15) is 24.4 Å². The number of rotatable bonds is 44. The fraction of sp³-hybridized carbons (Fsp3) is 0.939. The molecule has 368 valence electrons. The minimum atomic E-state index is -5.08. The Labute approximate surface area is 379 Å². The van der Waals surface area contributed by atoms with Gasteiger partial charge in [-0.2, -0.15) is 8.42 Å². The molecule has 1 amide bonds.